The van der Waals surface area contributed by atoms with Gasteiger partial charge in [-0.05, 0) is 136 Å². The highest BCUT2D eigenvalue weighted by Crippen LogP contribution is 2.42. The van der Waals surface area contributed by atoms with Gasteiger partial charge in [-0.25, -0.2) is 9.97 Å². The molecule has 3 nitrogen and oxygen atoms in total. The third-order valence-corrected chi connectivity index (χ3v) is 12.1. The number of hydrogen-bond acceptors (Lipinski definition) is 5. The second-order valence-corrected chi connectivity index (χ2v) is 15.5. The molecular weight excluding hydrogens is 728 g/mol. The molecule has 0 unspecified atom stereocenters. The Kier molecular flexibility index (Phi) is 7.97. The molecule has 0 saturated heterocycles. The molecule has 0 bridgehead atoms. The normalized spacial score (nSPS) is 11.9. The first-order valence-corrected chi connectivity index (χ1v) is 19.3. The number of nitrogens with zero attached hydrogens (tertiary/aromatic N) is 3. The zero-order valence-corrected chi connectivity index (χ0v) is 30.6. The van der Waals surface area contributed by atoms with E-state index in [-0.39, 0.29) is 0 Å². The molecule has 10 aromatic rings. The van der Waals surface area contributed by atoms with E-state index in [1.165, 1.54) is 12.1 Å². The molecule has 0 aliphatic heterocycles. The summed E-state index contributed by atoms with van der Waals surface area (Å²) in [5, 5.41) is 5.17. The zero-order chi connectivity index (χ0) is 37.1. The first-order valence-electron chi connectivity index (χ1n) is 17.7. The Hall–Kier alpha value is -6.35. The van der Waals surface area contributed by atoms with Gasteiger partial charge in [-0.2, -0.15) is 13.2 Å². The van der Waals surface area contributed by atoms with E-state index < -0.39 is 11.7 Å². The van der Waals surface area contributed by atoms with Crippen molar-refractivity contribution in [3.63, 3.8) is 0 Å². The summed E-state index contributed by atoms with van der Waals surface area (Å²) in [5.74, 6) is 0. The van der Waals surface area contributed by atoms with Crippen molar-refractivity contribution in [2.45, 2.75) is 6.18 Å². The first-order chi connectivity index (χ1) is 26.8. The summed E-state index contributed by atoms with van der Waals surface area (Å²) in [6, 6.07) is 55.1. The fraction of sp³-hybridized carbons (Fsp3) is 0.0213. The van der Waals surface area contributed by atoms with Crippen molar-refractivity contribution in [1.29, 1.82) is 0 Å². The number of benzene rings is 8. The summed E-state index contributed by atoms with van der Waals surface area (Å²) < 4.78 is 44.2. The molecule has 8 aromatic carbocycles. The van der Waals surface area contributed by atoms with Gasteiger partial charge in [-0.1, -0.05) is 66.7 Å². The molecule has 0 amide bonds. The van der Waals surface area contributed by atoms with Crippen molar-refractivity contribution in [3.8, 4) is 32.3 Å². The van der Waals surface area contributed by atoms with Crippen LogP contribution in [0.2, 0.25) is 0 Å². The number of para-hydroxylation sites is 2. The smallest absolute Gasteiger partial charge is 0.310 e. The minimum absolute atomic E-state index is 0.555. The van der Waals surface area contributed by atoms with E-state index in [9.17, 15) is 13.2 Å². The average molecular weight is 756 g/mol. The van der Waals surface area contributed by atoms with Crippen molar-refractivity contribution in [2.24, 2.45) is 0 Å². The molecule has 8 heteroatoms. The van der Waals surface area contributed by atoms with Gasteiger partial charge in [0.2, 0.25) is 0 Å². The molecular formula is C47H28F3N3S2. The largest absolute Gasteiger partial charge is 0.416 e. The highest BCUT2D eigenvalue weighted by atomic mass is 32.1. The monoisotopic (exact) mass is 755 g/mol. The fourth-order valence-corrected chi connectivity index (χ4v) is 9.14. The van der Waals surface area contributed by atoms with Crippen LogP contribution in [-0.4, -0.2) is 9.97 Å². The number of aromatic nitrogens is 2. The van der Waals surface area contributed by atoms with Crippen molar-refractivity contribution in [1.82, 2.24) is 9.97 Å². The Morgan fingerprint density at radius 1 is 0.436 bits per heavy atom. The predicted molar refractivity (Wildman–Crippen MR) is 224 cm³/mol. The van der Waals surface area contributed by atoms with E-state index in [0.29, 0.717) is 10.9 Å². The van der Waals surface area contributed by atoms with Gasteiger partial charge in [0.15, 0.2) is 0 Å². The molecule has 10 rings (SSSR count). The molecule has 0 N–H and O–H groups in total. The number of hydrogen-bond donors (Lipinski definition) is 0. The Bertz CT molecular complexity index is 2850. The predicted octanol–water partition coefficient (Wildman–Crippen LogP) is 14.7. The second-order valence-electron chi connectivity index (χ2n) is 13.4. The summed E-state index contributed by atoms with van der Waals surface area (Å²) in [4.78, 5) is 12.0. The van der Waals surface area contributed by atoms with Crippen LogP contribution in [0.25, 0.3) is 74.2 Å². The maximum absolute atomic E-state index is 14.0. The van der Waals surface area contributed by atoms with Gasteiger partial charge in [0.05, 0.1) is 26.0 Å². The van der Waals surface area contributed by atoms with Crippen molar-refractivity contribution in [3.05, 3.63) is 175 Å². The Morgan fingerprint density at radius 3 is 1.55 bits per heavy atom. The van der Waals surface area contributed by atoms with Crippen molar-refractivity contribution >= 4 is 81.7 Å². The highest BCUT2D eigenvalue weighted by molar-refractivity contribution is 7.22. The summed E-state index contributed by atoms with van der Waals surface area (Å²) in [6.07, 6.45) is -4.45. The second kappa shape index (κ2) is 13.2. The van der Waals surface area contributed by atoms with Crippen molar-refractivity contribution in [2.75, 3.05) is 4.90 Å². The molecule has 0 atom stereocenters. The fourth-order valence-electron chi connectivity index (χ4n) is 7.20. The van der Waals surface area contributed by atoms with Gasteiger partial charge in [-0.3, -0.25) is 0 Å². The molecule has 0 spiro atoms. The van der Waals surface area contributed by atoms with Gasteiger partial charge < -0.3 is 4.90 Å². The quantitative estimate of drug-likeness (QED) is 0.169. The van der Waals surface area contributed by atoms with Crippen molar-refractivity contribution < 1.29 is 13.2 Å². The minimum Gasteiger partial charge on any atom is -0.310 e. The lowest BCUT2D eigenvalue weighted by Gasteiger charge is -2.26. The van der Waals surface area contributed by atoms with Gasteiger partial charge in [-0.15, -0.1) is 22.7 Å². The number of rotatable bonds is 6. The van der Waals surface area contributed by atoms with E-state index in [0.717, 1.165) is 80.4 Å². The van der Waals surface area contributed by atoms with Crippen LogP contribution < -0.4 is 4.90 Å². The van der Waals surface area contributed by atoms with Crippen LogP contribution in [0, 0.1) is 0 Å². The number of anilines is 3. The number of alkyl halides is 3. The Morgan fingerprint density at radius 2 is 0.945 bits per heavy atom. The Balaban J connectivity index is 1.05. The van der Waals surface area contributed by atoms with E-state index in [1.807, 2.05) is 72.8 Å². The van der Waals surface area contributed by atoms with Gasteiger partial charge in [0, 0.05) is 28.2 Å². The summed E-state index contributed by atoms with van der Waals surface area (Å²) in [6.45, 7) is 0. The lowest BCUT2D eigenvalue weighted by atomic mass is 9.94. The standard InChI is InChI=1S/C47H28F3N3S2/c48-47(49,50)35-26-33-7-1-2-8-39(33)40(28-35)34-14-13-32-27-38(24-19-31(32)25-34)53(36-20-15-29(16-21-36)45-51-41-9-3-5-11-43(41)54-45)37-22-17-30(18-23-37)46-52-42-10-4-6-12-44(42)55-46/h1-28H. The summed E-state index contributed by atoms with van der Waals surface area (Å²) in [7, 11) is 0. The topological polar surface area (TPSA) is 29.0 Å². The summed E-state index contributed by atoms with van der Waals surface area (Å²) in [5.41, 5.74) is 7.60. The third-order valence-electron chi connectivity index (χ3n) is 9.91. The number of halogens is 3. The SMILES string of the molecule is FC(F)(F)c1cc(-c2ccc3cc(N(c4ccc(-c5nc6ccccc6s5)cc4)c4ccc(-c5nc6ccccc6s5)cc4)ccc3c2)c2ccccc2c1. The van der Waals surface area contributed by atoms with Crippen LogP contribution >= 0.6 is 22.7 Å². The van der Waals surface area contributed by atoms with Gasteiger partial charge in [0.1, 0.15) is 10.0 Å². The van der Waals surface area contributed by atoms with Crippen LogP contribution in [0.3, 0.4) is 0 Å². The number of thiazole rings is 2. The molecule has 0 aliphatic rings. The van der Waals surface area contributed by atoms with E-state index in [4.69, 9.17) is 9.97 Å². The Labute approximate surface area is 322 Å². The highest BCUT2D eigenvalue weighted by Gasteiger charge is 2.31. The minimum atomic E-state index is -4.45. The molecule has 0 fully saturated rings. The van der Waals surface area contributed by atoms with Crippen LogP contribution in [0.5, 0.6) is 0 Å². The molecule has 0 saturated carbocycles. The van der Waals surface area contributed by atoms with E-state index in [2.05, 4.69) is 77.7 Å². The van der Waals surface area contributed by atoms with Crippen LogP contribution in [0.4, 0.5) is 30.2 Å². The van der Waals surface area contributed by atoms with Gasteiger partial charge >= 0.3 is 6.18 Å². The van der Waals surface area contributed by atoms with Crippen LogP contribution in [0.15, 0.2) is 170 Å². The van der Waals surface area contributed by atoms with Crippen LogP contribution in [0.1, 0.15) is 5.56 Å². The lowest BCUT2D eigenvalue weighted by Crippen LogP contribution is -2.09. The maximum atomic E-state index is 14.0. The van der Waals surface area contributed by atoms with E-state index in [1.54, 1.807) is 34.8 Å². The molecule has 2 aromatic heterocycles. The third kappa shape index (κ3) is 6.19. The van der Waals surface area contributed by atoms with Gasteiger partial charge in [0.25, 0.3) is 0 Å². The van der Waals surface area contributed by atoms with Crippen LogP contribution in [-0.2, 0) is 6.18 Å². The zero-order valence-electron chi connectivity index (χ0n) is 29.0. The summed E-state index contributed by atoms with van der Waals surface area (Å²) >= 11 is 3.35. The molecule has 2 heterocycles. The number of fused-ring (bicyclic) bond motifs is 4. The molecule has 264 valence electrons. The molecule has 0 radical (unpaired) electrons. The molecule has 55 heavy (non-hydrogen) atoms. The lowest BCUT2D eigenvalue weighted by molar-refractivity contribution is -0.137. The molecule has 0 aliphatic carbocycles. The maximum Gasteiger partial charge on any atom is 0.416 e. The average Bonchev–Trinajstić information content (AvgIpc) is 3.86. The first kappa shape index (κ1) is 33.2. The van der Waals surface area contributed by atoms with E-state index >= 15 is 0 Å².